The van der Waals surface area contributed by atoms with Crippen LogP contribution in [-0.2, 0) is 10.0 Å². The Morgan fingerprint density at radius 2 is 1.85 bits per heavy atom. The van der Waals surface area contributed by atoms with Gasteiger partial charge in [0.25, 0.3) is 0 Å². The van der Waals surface area contributed by atoms with Gasteiger partial charge in [-0.15, -0.1) is 0 Å². The van der Waals surface area contributed by atoms with Gasteiger partial charge in [0, 0.05) is 6.04 Å². The highest BCUT2D eigenvalue weighted by Gasteiger charge is 2.33. The standard InChI is InChI=1S/C14H20N2O2S2/c1-11-6-8-13(9-7-11)20(17,18)16(10-14(15)19)12-4-2-3-5-12/h6-9,12H,2-5,10H2,1H3,(H2,15,19). The van der Waals surface area contributed by atoms with E-state index in [9.17, 15) is 8.42 Å². The normalized spacial score (nSPS) is 16.7. The Labute approximate surface area is 126 Å². The minimum absolute atomic E-state index is 0.0165. The van der Waals surface area contributed by atoms with E-state index in [0.29, 0.717) is 4.90 Å². The molecule has 110 valence electrons. The van der Waals surface area contributed by atoms with Crippen LogP contribution in [-0.4, -0.2) is 30.3 Å². The van der Waals surface area contributed by atoms with Crippen molar-refractivity contribution in [2.24, 2.45) is 5.73 Å². The van der Waals surface area contributed by atoms with Crippen LogP contribution in [0.1, 0.15) is 31.2 Å². The first-order valence-electron chi connectivity index (χ1n) is 6.78. The number of benzene rings is 1. The maximum absolute atomic E-state index is 12.8. The van der Waals surface area contributed by atoms with Crippen LogP contribution in [0.15, 0.2) is 29.2 Å². The molecule has 1 aromatic carbocycles. The van der Waals surface area contributed by atoms with Gasteiger partial charge in [-0.25, -0.2) is 8.42 Å². The van der Waals surface area contributed by atoms with Gasteiger partial charge in [-0.1, -0.05) is 42.8 Å². The van der Waals surface area contributed by atoms with Crippen LogP contribution in [0.25, 0.3) is 0 Å². The van der Waals surface area contributed by atoms with E-state index < -0.39 is 10.0 Å². The van der Waals surface area contributed by atoms with Crippen LogP contribution in [0.4, 0.5) is 0 Å². The van der Waals surface area contributed by atoms with Crippen molar-refractivity contribution in [1.82, 2.24) is 4.31 Å². The van der Waals surface area contributed by atoms with E-state index >= 15 is 0 Å². The zero-order chi connectivity index (χ0) is 14.8. The van der Waals surface area contributed by atoms with E-state index in [4.69, 9.17) is 18.0 Å². The second-order valence-corrected chi connectivity index (χ2v) is 7.68. The second-order valence-electron chi connectivity index (χ2n) is 5.27. The molecule has 1 aliphatic carbocycles. The fourth-order valence-electron chi connectivity index (χ4n) is 2.60. The molecule has 1 aromatic rings. The van der Waals surface area contributed by atoms with Crippen molar-refractivity contribution in [3.63, 3.8) is 0 Å². The predicted octanol–water partition coefficient (Wildman–Crippen LogP) is 2.21. The molecule has 4 nitrogen and oxygen atoms in total. The summed E-state index contributed by atoms with van der Waals surface area (Å²) in [6, 6.07) is 6.92. The quantitative estimate of drug-likeness (QED) is 0.847. The van der Waals surface area contributed by atoms with Gasteiger partial charge in [0.2, 0.25) is 10.0 Å². The Morgan fingerprint density at radius 1 is 1.30 bits per heavy atom. The van der Waals surface area contributed by atoms with Gasteiger partial charge in [0.15, 0.2) is 0 Å². The average molecular weight is 312 g/mol. The van der Waals surface area contributed by atoms with Crippen molar-refractivity contribution in [2.75, 3.05) is 6.54 Å². The van der Waals surface area contributed by atoms with Gasteiger partial charge in [-0.2, -0.15) is 4.31 Å². The van der Waals surface area contributed by atoms with Gasteiger partial charge in [0.1, 0.15) is 0 Å². The van der Waals surface area contributed by atoms with E-state index in [1.54, 1.807) is 24.3 Å². The molecule has 2 N–H and O–H groups in total. The van der Waals surface area contributed by atoms with Crippen molar-refractivity contribution in [3.05, 3.63) is 29.8 Å². The number of rotatable bonds is 5. The lowest BCUT2D eigenvalue weighted by Gasteiger charge is -2.27. The van der Waals surface area contributed by atoms with Gasteiger partial charge in [-0.3, -0.25) is 0 Å². The lowest BCUT2D eigenvalue weighted by molar-refractivity contribution is 0.355. The van der Waals surface area contributed by atoms with Crippen molar-refractivity contribution in [3.8, 4) is 0 Å². The zero-order valence-electron chi connectivity index (χ0n) is 11.6. The predicted molar refractivity (Wildman–Crippen MR) is 84.1 cm³/mol. The molecule has 0 bridgehead atoms. The molecule has 0 saturated heterocycles. The molecule has 0 atom stereocenters. The zero-order valence-corrected chi connectivity index (χ0v) is 13.2. The highest BCUT2D eigenvalue weighted by molar-refractivity contribution is 7.89. The lowest BCUT2D eigenvalue weighted by atomic mass is 10.2. The van der Waals surface area contributed by atoms with Crippen LogP contribution in [0.2, 0.25) is 0 Å². The molecule has 6 heteroatoms. The first-order chi connectivity index (χ1) is 9.41. The maximum atomic E-state index is 12.8. The highest BCUT2D eigenvalue weighted by atomic mass is 32.2. The third kappa shape index (κ3) is 3.37. The van der Waals surface area contributed by atoms with E-state index in [0.717, 1.165) is 31.2 Å². The summed E-state index contributed by atoms with van der Waals surface area (Å²) in [5.41, 5.74) is 6.62. The molecule has 0 aliphatic heterocycles. The molecule has 20 heavy (non-hydrogen) atoms. The van der Waals surface area contributed by atoms with Crippen molar-refractivity contribution in [2.45, 2.75) is 43.5 Å². The third-order valence-corrected chi connectivity index (χ3v) is 5.71. The van der Waals surface area contributed by atoms with Crippen molar-refractivity contribution < 1.29 is 8.42 Å². The summed E-state index contributed by atoms with van der Waals surface area (Å²) in [5.74, 6) is 0. The molecule has 0 aromatic heterocycles. The van der Waals surface area contributed by atoms with Crippen LogP contribution in [0, 0.1) is 6.92 Å². The van der Waals surface area contributed by atoms with E-state index in [1.165, 1.54) is 4.31 Å². The van der Waals surface area contributed by atoms with Gasteiger partial charge < -0.3 is 5.73 Å². The lowest BCUT2D eigenvalue weighted by Crippen LogP contribution is -2.43. The number of hydrogen-bond donors (Lipinski definition) is 1. The van der Waals surface area contributed by atoms with Crippen LogP contribution in [0.5, 0.6) is 0 Å². The van der Waals surface area contributed by atoms with Gasteiger partial charge in [-0.05, 0) is 31.9 Å². The number of hydrogen-bond acceptors (Lipinski definition) is 3. The molecule has 1 fully saturated rings. The van der Waals surface area contributed by atoms with E-state index in [2.05, 4.69) is 0 Å². The average Bonchev–Trinajstić information content (AvgIpc) is 2.89. The summed E-state index contributed by atoms with van der Waals surface area (Å²) in [7, 11) is -3.53. The minimum Gasteiger partial charge on any atom is -0.392 e. The fourth-order valence-corrected chi connectivity index (χ4v) is 4.49. The Hall–Kier alpha value is -0.980. The fraction of sp³-hybridized carbons (Fsp3) is 0.500. The number of nitrogens with two attached hydrogens (primary N) is 1. The van der Waals surface area contributed by atoms with Crippen molar-refractivity contribution >= 4 is 27.2 Å². The largest absolute Gasteiger partial charge is 0.392 e. The Kier molecular flexibility index (Phi) is 4.78. The summed E-state index contributed by atoms with van der Waals surface area (Å²) >= 11 is 4.92. The monoisotopic (exact) mass is 312 g/mol. The maximum Gasteiger partial charge on any atom is 0.243 e. The number of aryl methyl sites for hydroxylation is 1. The molecule has 2 rings (SSSR count). The van der Waals surface area contributed by atoms with Crippen LogP contribution < -0.4 is 5.73 Å². The molecule has 1 saturated carbocycles. The second kappa shape index (κ2) is 6.20. The number of thiocarbonyl (C=S) groups is 1. The molecule has 0 amide bonds. The summed E-state index contributed by atoms with van der Waals surface area (Å²) < 4.78 is 27.0. The summed E-state index contributed by atoms with van der Waals surface area (Å²) in [6.07, 6.45) is 3.88. The molecule has 1 aliphatic rings. The number of nitrogens with zero attached hydrogens (tertiary/aromatic N) is 1. The molecule has 0 radical (unpaired) electrons. The Morgan fingerprint density at radius 3 is 2.35 bits per heavy atom. The van der Waals surface area contributed by atoms with Crippen LogP contribution >= 0.6 is 12.2 Å². The topological polar surface area (TPSA) is 63.4 Å². The van der Waals surface area contributed by atoms with Crippen molar-refractivity contribution in [1.29, 1.82) is 0 Å². The first kappa shape index (κ1) is 15.4. The molecule has 0 spiro atoms. The minimum atomic E-state index is -3.53. The summed E-state index contributed by atoms with van der Waals surface area (Å²) in [4.78, 5) is 0.527. The molecule has 0 heterocycles. The van der Waals surface area contributed by atoms with Crippen LogP contribution in [0.3, 0.4) is 0 Å². The Bertz CT molecular complexity index is 576. The molecular weight excluding hydrogens is 292 g/mol. The SMILES string of the molecule is Cc1ccc(S(=O)(=O)N(CC(N)=S)C2CCCC2)cc1. The molecule has 0 unspecified atom stereocenters. The number of sulfonamides is 1. The molecular formula is C14H20N2O2S2. The highest BCUT2D eigenvalue weighted by Crippen LogP contribution is 2.28. The summed E-state index contributed by atoms with van der Waals surface area (Å²) in [5, 5.41) is 0. The first-order valence-corrected chi connectivity index (χ1v) is 8.63. The third-order valence-electron chi connectivity index (χ3n) is 3.67. The summed E-state index contributed by atoms with van der Waals surface area (Å²) in [6.45, 7) is 2.05. The Balaban J connectivity index is 2.34. The van der Waals surface area contributed by atoms with Gasteiger partial charge in [0.05, 0.1) is 16.4 Å². The van der Waals surface area contributed by atoms with E-state index in [-0.39, 0.29) is 17.6 Å². The van der Waals surface area contributed by atoms with E-state index in [1.807, 2.05) is 6.92 Å². The smallest absolute Gasteiger partial charge is 0.243 e. The van der Waals surface area contributed by atoms with Gasteiger partial charge >= 0.3 is 0 Å².